The van der Waals surface area contributed by atoms with Gasteiger partial charge in [-0.05, 0) is 23.3 Å². The van der Waals surface area contributed by atoms with Gasteiger partial charge in [0, 0.05) is 22.5 Å². The molecule has 4 aromatic carbocycles. The van der Waals surface area contributed by atoms with E-state index in [-0.39, 0.29) is 0 Å². The molecule has 0 saturated carbocycles. The molecule has 0 amide bonds. The van der Waals surface area contributed by atoms with Gasteiger partial charge in [-0.3, -0.25) is 0 Å². The van der Waals surface area contributed by atoms with E-state index in [1.165, 1.54) is 38.5 Å². The van der Waals surface area contributed by atoms with Crippen LogP contribution in [-0.4, -0.2) is 4.57 Å². The molecule has 128 valence electrons. The van der Waals surface area contributed by atoms with Gasteiger partial charge in [-0.2, -0.15) is 0 Å². The van der Waals surface area contributed by atoms with Crippen LogP contribution < -0.4 is 0 Å². The van der Waals surface area contributed by atoms with Crippen molar-refractivity contribution in [3.63, 3.8) is 0 Å². The van der Waals surface area contributed by atoms with Crippen molar-refractivity contribution in [2.75, 3.05) is 0 Å². The number of hydrogen-bond acceptors (Lipinski definition) is 0. The summed E-state index contributed by atoms with van der Waals surface area (Å²) in [5.74, 6) is 0. The van der Waals surface area contributed by atoms with E-state index in [9.17, 15) is 0 Å². The Labute approximate surface area is 158 Å². The van der Waals surface area contributed by atoms with E-state index in [1.54, 1.807) is 0 Å². The van der Waals surface area contributed by atoms with Gasteiger partial charge in [0.25, 0.3) is 0 Å². The van der Waals surface area contributed by atoms with E-state index < -0.39 is 0 Å². The highest BCUT2D eigenvalue weighted by Gasteiger charge is 2.11. The van der Waals surface area contributed by atoms with Gasteiger partial charge in [0.1, 0.15) is 0 Å². The van der Waals surface area contributed by atoms with Crippen LogP contribution in [0.15, 0.2) is 109 Å². The summed E-state index contributed by atoms with van der Waals surface area (Å²) >= 11 is 0. The maximum absolute atomic E-state index is 2.32. The van der Waals surface area contributed by atoms with E-state index in [4.69, 9.17) is 0 Å². The predicted octanol–water partition coefficient (Wildman–Crippen LogP) is 6.84. The zero-order chi connectivity index (χ0) is 18.1. The average molecular weight is 345 g/mol. The summed E-state index contributed by atoms with van der Waals surface area (Å²) in [7, 11) is 0. The molecule has 0 aliphatic rings. The largest absolute Gasteiger partial charge is 0.315 e. The summed E-state index contributed by atoms with van der Waals surface area (Å²) in [6.45, 7) is 0. The molecule has 0 N–H and O–H groups in total. The highest BCUT2D eigenvalue weighted by Crippen LogP contribution is 2.32. The van der Waals surface area contributed by atoms with Crippen LogP contribution >= 0.6 is 0 Å². The SMILES string of the molecule is C(=C(c1ccccc1)c1ccccc1)n1c2ccccc2c2ccccc21. The Bertz CT molecular complexity index is 1150. The monoisotopic (exact) mass is 345 g/mol. The lowest BCUT2D eigenvalue weighted by Gasteiger charge is -2.11. The molecule has 5 aromatic rings. The molecular formula is C26H19N. The highest BCUT2D eigenvalue weighted by molar-refractivity contribution is 6.10. The first-order valence-electron chi connectivity index (χ1n) is 9.22. The molecular weight excluding hydrogens is 326 g/mol. The van der Waals surface area contributed by atoms with Gasteiger partial charge in [0.2, 0.25) is 0 Å². The van der Waals surface area contributed by atoms with Crippen molar-refractivity contribution < 1.29 is 0 Å². The second-order valence-corrected chi connectivity index (χ2v) is 6.68. The normalized spacial score (nSPS) is 11.0. The van der Waals surface area contributed by atoms with Crippen LogP contribution in [0.1, 0.15) is 11.1 Å². The first-order chi connectivity index (χ1) is 13.4. The van der Waals surface area contributed by atoms with Crippen LogP contribution in [0.4, 0.5) is 0 Å². The summed E-state index contributed by atoms with van der Waals surface area (Å²) < 4.78 is 2.32. The maximum Gasteiger partial charge on any atom is 0.0535 e. The number of para-hydroxylation sites is 2. The second-order valence-electron chi connectivity index (χ2n) is 6.68. The van der Waals surface area contributed by atoms with E-state index in [0.29, 0.717) is 0 Å². The summed E-state index contributed by atoms with van der Waals surface area (Å²) in [5, 5.41) is 2.56. The van der Waals surface area contributed by atoms with Crippen molar-refractivity contribution in [2.24, 2.45) is 0 Å². The van der Waals surface area contributed by atoms with Crippen LogP contribution in [0.3, 0.4) is 0 Å². The van der Waals surface area contributed by atoms with Crippen molar-refractivity contribution in [1.29, 1.82) is 0 Å². The molecule has 0 bridgehead atoms. The first-order valence-corrected chi connectivity index (χ1v) is 9.22. The number of fused-ring (bicyclic) bond motifs is 3. The molecule has 0 aliphatic carbocycles. The zero-order valence-electron chi connectivity index (χ0n) is 14.9. The smallest absolute Gasteiger partial charge is 0.0535 e. The molecule has 0 aliphatic heterocycles. The minimum atomic E-state index is 1.21. The molecule has 0 radical (unpaired) electrons. The molecule has 1 heteroatoms. The van der Waals surface area contributed by atoms with Gasteiger partial charge in [0.05, 0.1) is 11.0 Å². The maximum atomic E-state index is 2.32. The fourth-order valence-corrected chi connectivity index (χ4v) is 3.77. The Balaban J connectivity index is 1.85. The lowest BCUT2D eigenvalue weighted by Crippen LogP contribution is -1.93. The fraction of sp³-hybridized carbons (Fsp3) is 0. The molecule has 1 nitrogen and oxygen atoms in total. The minimum Gasteiger partial charge on any atom is -0.315 e. The van der Waals surface area contributed by atoms with Crippen molar-refractivity contribution in [3.8, 4) is 0 Å². The standard InChI is InChI=1S/C26H19N/c1-3-11-20(12-4-1)24(21-13-5-2-6-14-21)19-27-25-17-9-7-15-22(25)23-16-8-10-18-26(23)27/h1-19H. The molecule has 0 atom stereocenters. The number of aromatic nitrogens is 1. The number of hydrogen-bond donors (Lipinski definition) is 0. The lowest BCUT2D eigenvalue weighted by atomic mass is 9.99. The topological polar surface area (TPSA) is 4.93 Å². The molecule has 27 heavy (non-hydrogen) atoms. The third-order valence-corrected chi connectivity index (χ3v) is 5.05. The number of benzene rings is 4. The van der Waals surface area contributed by atoms with Crippen molar-refractivity contribution in [1.82, 2.24) is 4.57 Å². The van der Waals surface area contributed by atoms with Crippen LogP contribution in [-0.2, 0) is 0 Å². The number of rotatable bonds is 3. The van der Waals surface area contributed by atoms with Crippen molar-refractivity contribution >= 4 is 33.6 Å². The van der Waals surface area contributed by atoms with Gasteiger partial charge in [-0.15, -0.1) is 0 Å². The fourth-order valence-electron chi connectivity index (χ4n) is 3.77. The Kier molecular flexibility index (Phi) is 3.84. The van der Waals surface area contributed by atoms with Gasteiger partial charge in [-0.1, -0.05) is 97.1 Å². The van der Waals surface area contributed by atoms with E-state index in [2.05, 4.69) is 120 Å². The van der Waals surface area contributed by atoms with E-state index >= 15 is 0 Å². The summed E-state index contributed by atoms with van der Waals surface area (Å²) in [6.07, 6.45) is 2.27. The van der Waals surface area contributed by atoms with Gasteiger partial charge in [0.15, 0.2) is 0 Å². The number of nitrogens with zero attached hydrogens (tertiary/aromatic N) is 1. The summed E-state index contributed by atoms with van der Waals surface area (Å²) in [6, 6.07) is 38.4. The van der Waals surface area contributed by atoms with Gasteiger partial charge >= 0.3 is 0 Å². The van der Waals surface area contributed by atoms with E-state index in [0.717, 1.165) is 0 Å². The van der Waals surface area contributed by atoms with Gasteiger partial charge in [-0.25, -0.2) is 0 Å². The summed E-state index contributed by atoms with van der Waals surface area (Å²) in [4.78, 5) is 0. The summed E-state index contributed by atoms with van der Waals surface area (Å²) in [5.41, 5.74) is 6.09. The highest BCUT2D eigenvalue weighted by atomic mass is 15.0. The van der Waals surface area contributed by atoms with Crippen LogP contribution in [0.5, 0.6) is 0 Å². The average Bonchev–Trinajstić information content (AvgIpc) is 3.07. The third kappa shape index (κ3) is 2.74. The Hall–Kier alpha value is -3.58. The Morgan fingerprint density at radius 1 is 0.481 bits per heavy atom. The Morgan fingerprint density at radius 2 is 0.889 bits per heavy atom. The van der Waals surface area contributed by atoms with Crippen LogP contribution in [0, 0.1) is 0 Å². The van der Waals surface area contributed by atoms with Crippen molar-refractivity contribution in [3.05, 3.63) is 120 Å². The van der Waals surface area contributed by atoms with Crippen molar-refractivity contribution in [2.45, 2.75) is 0 Å². The minimum absolute atomic E-state index is 1.21. The predicted molar refractivity (Wildman–Crippen MR) is 116 cm³/mol. The molecule has 5 rings (SSSR count). The second kappa shape index (κ2) is 6.62. The quantitative estimate of drug-likeness (QED) is 0.337. The zero-order valence-corrected chi connectivity index (χ0v) is 14.9. The van der Waals surface area contributed by atoms with Crippen LogP contribution in [0.2, 0.25) is 0 Å². The Morgan fingerprint density at radius 3 is 1.37 bits per heavy atom. The molecule has 0 fully saturated rings. The molecule has 1 heterocycles. The van der Waals surface area contributed by atoms with E-state index in [1.807, 2.05) is 0 Å². The molecule has 0 spiro atoms. The third-order valence-electron chi connectivity index (χ3n) is 5.05. The van der Waals surface area contributed by atoms with Gasteiger partial charge < -0.3 is 4.57 Å². The molecule has 1 aromatic heterocycles. The molecule has 0 unspecified atom stereocenters. The van der Waals surface area contributed by atoms with Crippen LogP contribution in [0.25, 0.3) is 33.6 Å². The molecule has 0 saturated heterocycles. The lowest BCUT2D eigenvalue weighted by molar-refractivity contribution is 1.29. The first kappa shape index (κ1) is 15.7.